The van der Waals surface area contributed by atoms with Crippen LogP contribution in [-0.2, 0) is 6.42 Å². The van der Waals surface area contributed by atoms with Gasteiger partial charge in [-0.2, -0.15) is 0 Å². The van der Waals surface area contributed by atoms with Gasteiger partial charge in [-0.05, 0) is 60.0 Å². The molecule has 1 aliphatic rings. The van der Waals surface area contributed by atoms with Crippen molar-refractivity contribution >= 4 is 11.6 Å². The van der Waals surface area contributed by atoms with Gasteiger partial charge in [0.05, 0.1) is 6.61 Å². The summed E-state index contributed by atoms with van der Waals surface area (Å²) in [5.41, 5.74) is 4.95. The molecule has 1 aliphatic heterocycles. The van der Waals surface area contributed by atoms with E-state index in [4.69, 9.17) is 9.47 Å². The summed E-state index contributed by atoms with van der Waals surface area (Å²) in [4.78, 5) is 4.37. The lowest BCUT2D eigenvalue weighted by Crippen LogP contribution is -2.16. The molecule has 2 heterocycles. The second kappa shape index (κ2) is 7.97. The molecule has 0 saturated carbocycles. The van der Waals surface area contributed by atoms with E-state index in [1.54, 1.807) is 0 Å². The van der Waals surface area contributed by atoms with Crippen LogP contribution in [0.1, 0.15) is 30.0 Å². The molecule has 1 aromatic carbocycles. The molecule has 1 N–H and O–H groups in total. The fraction of sp³-hybridized carbons (Fsp3) is 0.350. The first kappa shape index (κ1) is 16.5. The molecular formula is C20H24N2O2. The molecule has 24 heavy (non-hydrogen) atoms. The number of hydrogen-bond donors (Lipinski definition) is 1. The third-order valence-electron chi connectivity index (χ3n) is 4.14. The third kappa shape index (κ3) is 3.95. The predicted octanol–water partition coefficient (Wildman–Crippen LogP) is 3.57. The fourth-order valence-electron chi connectivity index (χ4n) is 2.80. The van der Waals surface area contributed by atoms with E-state index in [9.17, 15) is 0 Å². The van der Waals surface area contributed by atoms with Gasteiger partial charge in [0.1, 0.15) is 12.4 Å². The van der Waals surface area contributed by atoms with E-state index in [1.807, 2.05) is 25.4 Å². The first-order valence-corrected chi connectivity index (χ1v) is 8.50. The quantitative estimate of drug-likeness (QED) is 0.791. The average Bonchev–Trinajstić information content (AvgIpc) is 3.09. The van der Waals surface area contributed by atoms with Crippen LogP contribution in [0, 0.1) is 0 Å². The topological polar surface area (TPSA) is 43.4 Å². The Morgan fingerprint density at radius 1 is 1.33 bits per heavy atom. The maximum Gasteiger partial charge on any atom is 0.213 e. The molecule has 0 unspecified atom stereocenters. The van der Waals surface area contributed by atoms with Gasteiger partial charge in [-0.25, -0.2) is 4.98 Å². The molecule has 2 aromatic rings. The van der Waals surface area contributed by atoms with Crippen molar-refractivity contribution < 1.29 is 9.47 Å². The van der Waals surface area contributed by atoms with Gasteiger partial charge in [-0.15, -0.1) is 0 Å². The van der Waals surface area contributed by atoms with Gasteiger partial charge >= 0.3 is 0 Å². The van der Waals surface area contributed by atoms with Crippen LogP contribution >= 0.6 is 0 Å². The molecule has 1 aromatic heterocycles. The van der Waals surface area contributed by atoms with Crippen molar-refractivity contribution in [2.24, 2.45) is 0 Å². The Bertz CT molecular complexity index is 708. The van der Waals surface area contributed by atoms with Gasteiger partial charge < -0.3 is 14.8 Å². The molecule has 0 fully saturated rings. The lowest BCUT2D eigenvalue weighted by molar-refractivity contribution is 0.306. The summed E-state index contributed by atoms with van der Waals surface area (Å²) in [5, 5.41) is 3.05. The van der Waals surface area contributed by atoms with E-state index in [1.165, 1.54) is 16.7 Å². The van der Waals surface area contributed by atoms with E-state index in [0.717, 1.165) is 37.3 Å². The second-order valence-corrected chi connectivity index (χ2v) is 5.83. The number of hydrogen-bond acceptors (Lipinski definition) is 4. The number of allylic oxidation sites excluding steroid dienone is 1. The fourth-order valence-corrected chi connectivity index (χ4v) is 2.80. The van der Waals surface area contributed by atoms with Crippen molar-refractivity contribution in [2.75, 3.05) is 26.8 Å². The first-order valence-electron chi connectivity index (χ1n) is 8.50. The van der Waals surface area contributed by atoms with Gasteiger partial charge in [0.15, 0.2) is 0 Å². The Morgan fingerprint density at radius 2 is 2.25 bits per heavy atom. The zero-order chi connectivity index (χ0) is 16.8. The lowest BCUT2D eigenvalue weighted by Gasteiger charge is -2.08. The van der Waals surface area contributed by atoms with Crippen molar-refractivity contribution in [1.29, 1.82) is 0 Å². The van der Waals surface area contributed by atoms with Crippen LogP contribution in [0.2, 0.25) is 0 Å². The highest BCUT2D eigenvalue weighted by atomic mass is 16.5. The molecule has 0 amide bonds. The highest BCUT2D eigenvalue weighted by Crippen LogP contribution is 2.30. The van der Waals surface area contributed by atoms with Crippen molar-refractivity contribution in [3.05, 3.63) is 53.2 Å². The monoisotopic (exact) mass is 324 g/mol. The Labute approximate surface area is 143 Å². The Balaban J connectivity index is 1.75. The number of fused-ring (bicyclic) bond motifs is 1. The normalized spacial score (nSPS) is 13.5. The molecule has 4 nitrogen and oxygen atoms in total. The minimum absolute atomic E-state index is 0.621. The Hall–Kier alpha value is -2.33. The van der Waals surface area contributed by atoms with Crippen LogP contribution < -0.4 is 14.8 Å². The summed E-state index contributed by atoms with van der Waals surface area (Å²) in [7, 11) is 1.90. The van der Waals surface area contributed by atoms with Crippen molar-refractivity contribution in [1.82, 2.24) is 10.3 Å². The van der Waals surface area contributed by atoms with Crippen molar-refractivity contribution in [3.8, 4) is 11.6 Å². The number of benzene rings is 1. The first-order chi connectivity index (χ1) is 11.8. The highest BCUT2D eigenvalue weighted by Gasteiger charge is 2.13. The summed E-state index contributed by atoms with van der Waals surface area (Å²) >= 11 is 0. The number of ether oxygens (including phenoxy) is 2. The molecule has 4 heteroatoms. The molecule has 0 spiro atoms. The number of rotatable bonds is 7. The SMILES string of the molecule is CCC(=Cc1ccc(OCCNC)nc1)c1ccc2c(c1)CCO2. The molecule has 0 radical (unpaired) electrons. The van der Waals surface area contributed by atoms with Crippen molar-refractivity contribution in [3.63, 3.8) is 0 Å². The number of nitrogens with one attached hydrogen (secondary N) is 1. The zero-order valence-corrected chi connectivity index (χ0v) is 14.3. The number of nitrogens with zero attached hydrogens (tertiary/aromatic N) is 1. The van der Waals surface area contributed by atoms with E-state index < -0.39 is 0 Å². The summed E-state index contributed by atoms with van der Waals surface area (Å²) in [6.45, 7) is 4.41. The Morgan fingerprint density at radius 3 is 3.00 bits per heavy atom. The van der Waals surface area contributed by atoms with Crippen LogP contribution in [0.15, 0.2) is 36.5 Å². The van der Waals surface area contributed by atoms with E-state index in [-0.39, 0.29) is 0 Å². The third-order valence-corrected chi connectivity index (χ3v) is 4.14. The molecule has 126 valence electrons. The van der Waals surface area contributed by atoms with Gasteiger partial charge in [0.25, 0.3) is 0 Å². The zero-order valence-electron chi connectivity index (χ0n) is 14.3. The van der Waals surface area contributed by atoms with Crippen LogP contribution in [0.25, 0.3) is 11.6 Å². The molecule has 0 atom stereocenters. The number of pyridine rings is 1. The molecule has 0 saturated heterocycles. The smallest absolute Gasteiger partial charge is 0.213 e. The Kier molecular flexibility index (Phi) is 5.49. The van der Waals surface area contributed by atoms with Gasteiger partial charge in [0, 0.05) is 25.2 Å². The average molecular weight is 324 g/mol. The number of likely N-dealkylation sites (N-methyl/N-ethyl adjacent to an activating group) is 1. The second-order valence-electron chi connectivity index (χ2n) is 5.83. The minimum atomic E-state index is 0.621. The standard InChI is InChI=1S/C20H24N2O2/c1-3-16(17-5-6-19-18(13-17)8-10-23-19)12-15-4-7-20(22-14-15)24-11-9-21-2/h4-7,12-14,21H,3,8-11H2,1-2H3. The minimum Gasteiger partial charge on any atom is -0.493 e. The summed E-state index contributed by atoms with van der Waals surface area (Å²) < 4.78 is 11.2. The summed E-state index contributed by atoms with van der Waals surface area (Å²) in [6, 6.07) is 10.4. The summed E-state index contributed by atoms with van der Waals surface area (Å²) in [6.07, 6.45) is 6.03. The lowest BCUT2D eigenvalue weighted by atomic mass is 9.98. The van der Waals surface area contributed by atoms with E-state index in [0.29, 0.717) is 12.5 Å². The van der Waals surface area contributed by atoms with Gasteiger partial charge in [-0.3, -0.25) is 0 Å². The highest BCUT2D eigenvalue weighted by molar-refractivity contribution is 5.81. The summed E-state index contributed by atoms with van der Waals surface area (Å²) in [5.74, 6) is 1.69. The van der Waals surface area contributed by atoms with Crippen LogP contribution in [0.3, 0.4) is 0 Å². The maximum absolute atomic E-state index is 5.59. The van der Waals surface area contributed by atoms with E-state index in [2.05, 4.69) is 41.5 Å². The van der Waals surface area contributed by atoms with Crippen LogP contribution in [0.4, 0.5) is 0 Å². The van der Waals surface area contributed by atoms with Crippen LogP contribution in [0.5, 0.6) is 11.6 Å². The number of aromatic nitrogens is 1. The predicted molar refractivity (Wildman–Crippen MR) is 97.5 cm³/mol. The molecule has 3 rings (SSSR count). The van der Waals surface area contributed by atoms with Gasteiger partial charge in [0.2, 0.25) is 5.88 Å². The molecular weight excluding hydrogens is 300 g/mol. The van der Waals surface area contributed by atoms with Crippen LogP contribution in [-0.4, -0.2) is 31.8 Å². The largest absolute Gasteiger partial charge is 0.493 e. The molecule has 0 bridgehead atoms. The maximum atomic E-state index is 5.59. The van der Waals surface area contributed by atoms with Crippen molar-refractivity contribution in [2.45, 2.75) is 19.8 Å². The van der Waals surface area contributed by atoms with Gasteiger partial charge in [-0.1, -0.05) is 13.0 Å². The molecule has 0 aliphatic carbocycles. The van der Waals surface area contributed by atoms with E-state index >= 15 is 0 Å².